The molecule has 1 unspecified atom stereocenters. The molecule has 0 bridgehead atoms. The summed E-state index contributed by atoms with van der Waals surface area (Å²) >= 11 is 0. The van der Waals surface area contributed by atoms with Gasteiger partial charge in [0.25, 0.3) is 0 Å². The third-order valence-corrected chi connectivity index (χ3v) is 4.16. The maximum atomic E-state index is 12.2. The maximum absolute atomic E-state index is 12.2. The molecular weight excluding hydrogens is 298 g/mol. The Morgan fingerprint density at radius 1 is 1.19 bits per heavy atom. The Morgan fingerprint density at radius 2 is 1.81 bits per heavy atom. The molecule has 7 nitrogen and oxygen atoms in total. The number of ether oxygens (including phenoxy) is 3. The molecule has 2 N–H and O–H groups in total. The summed E-state index contributed by atoms with van der Waals surface area (Å²) < 4.78 is 41.7. The van der Waals surface area contributed by atoms with E-state index in [1.54, 1.807) is 0 Å². The van der Waals surface area contributed by atoms with Gasteiger partial charge in [0, 0.05) is 19.7 Å². The van der Waals surface area contributed by atoms with Gasteiger partial charge in [-0.15, -0.1) is 0 Å². The summed E-state index contributed by atoms with van der Waals surface area (Å²) in [7, 11) is 0.544. The number of benzene rings is 1. The van der Waals surface area contributed by atoms with Crippen LogP contribution in [0, 0.1) is 0 Å². The van der Waals surface area contributed by atoms with Crippen molar-refractivity contribution in [3.8, 4) is 11.5 Å². The van der Waals surface area contributed by atoms with E-state index in [0.29, 0.717) is 11.5 Å². The number of rotatable bonds is 8. The monoisotopic (exact) mass is 319 g/mol. The summed E-state index contributed by atoms with van der Waals surface area (Å²) in [5.74, 6) is 0.742. The highest BCUT2D eigenvalue weighted by Gasteiger charge is 2.24. The first-order valence-electron chi connectivity index (χ1n) is 6.19. The first-order valence-corrected chi connectivity index (χ1v) is 7.67. The molecule has 120 valence electrons. The Morgan fingerprint density at radius 3 is 2.33 bits per heavy atom. The Balaban J connectivity index is 2.93. The van der Waals surface area contributed by atoms with Crippen LogP contribution in [0.2, 0.25) is 0 Å². The molecule has 0 saturated heterocycles. The Kier molecular flexibility index (Phi) is 5.97. The molecule has 0 aliphatic heterocycles. The van der Waals surface area contributed by atoms with Gasteiger partial charge in [-0.25, -0.2) is 13.1 Å². The lowest BCUT2D eigenvalue weighted by Gasteiger charge is -2.22. The van der Waals surface area contributed by atoms with Gasteiger partial charge in [0.1, 0.15) is 0 Å². The van der Waals surface area contributed by atoms with Crippen LogP contribution in [0.3, 0.4) is 0 Å². The lowest BCUT2D eigenvalue weighted by atomic mass is 10.1. The standard InChI is InChI=1S/C13H21NO6S/c1-13(15,9-18-2)8-14-21(16,17)10-5-6-11(19-3)12(7-10)20-4/h5-7,14-15H,8-9H2,1-4H3. The summed E-state index contributed by atoms with van der Waals surface area (Å²) in [6, 6.07) is 4.25. The van der Waals surface area contributed by atoms with E-state index >= 15 is 0 Å². The average molecular weight is 319 g/mol. The van der Waals surface area contributed by atoms with E-state index in [-0.39, 0.29) is 18.0 Å². The molecule has 1 aromatic rings. The molecule has 1 aromatic carbocycles. The molecule has 8 heteroatoms. The van der Waals surface area contributed by atoms with Crippen LogP contribution < -0.4 is 14.2 Å². The van der Waals surface area contributed by atoms with Crippen LogP contribution in [0.4, 0.5) is 0 Å². The number of nitrogens with one attached hydrogen (secondary N) is 1. The summed E-state index contributed by atoms with van der Waals surface area (Å²) in [5.41, 5.74) is -1.29. The van der Waals surface area contributed by atoms with E-state index in [1.807, 2.05) is 0 Å². The molecule has 21 heavy (non-hydrogen) atoms. The Labute approximate surface area is 124 Å². The second-order valence-corrected chi connectivity index (χ2v) is 6.54. The minimum Gasteiger partial charge on any atom is -0.493 e. The van der Waals surface area contributed by atoms with Crippen molar-refractivity contribution in [2.45, 2.75) is 17.4 Å². The van der Waals surface area contributed by atoms with Gasteiger partial charge in [-0.1, -0.05) is 0 Å². The fraction of sp³-hybridized carbons (Fsp3) is 0.538. The van der Waals surface area contributed by atoms with E-state index in [9.17, 15) is 13.5 Å². The van der Waals surface area contributed by atoms with Gasteiger partial charge >= 0.3 is 0 Å². The third-order valence-electron chi connectivity index (χ3n) is 2.76. The van der Waals surface area contributed by atoms with Crippen molar-refractivity contribution in [1.29, 1.82) is 0 Å². The number of methoxy groups -OCH3 is 3. The van der Waals surface area contributed by atoms with Gasteiger partial charge in [0.15, 0.2) is 11.5 Å². The molecule has 0 radical (unpaired) electrons. The fourth-order valence-electron chi connectivity index (χ4n) is 1.68. The van der Waals surface area contributed by atoms with Crippen LogP contribution in [-0.2, 0) is 14.8 Å². The van der Waals surface area contributed by atoms with Gasteiger partial charge in [-0.3, -0.25) is 0 Å². The first kappa shape index (κ1) is 17.7. The maximum Gasteiger partial charge on any atom is 0.240 e. The fourth-order valence-corrected chi connectivity index (χ4v) is 2.86. The largest absolute Gasteiger partial charge is 0.493 e. The predicted molar refractivity (Wildman–Crippen MR) is 77.2 cm³/mol. The quantitative estimate of drug-likeness (QED) is 0.719. The molecule has 0 heterocycles. The molecular formula is C13H21NO6S. The minimum absolute atomic E-state index is 0.0153. The number of aliphatic hydroxyl groups is 1. The lowest BCUT2D eigenvalue weighted by molar-refractivity contribution is -0.0119. The second kappa shape index (κ2) is 7.08. The summed E-state index contributed by atoms with van der Waals surface area (Å²) in [6.07, 6.45) is 0. The normalized spacial score (nSPS) is 14.5. The smallest absolute Gasteiger partial charge is 0.240 e. The highest BCUT2D eigenvalue weighted by molar-refractivity contribution is 7.89. The van der Waals surface area contributed by atoms with Gasteiger partial charge in [0.05, 0.1) is 31.3 Å². The summed E-state index contributed by atoms with van der Waals surface area (Å²) in [5, 5.41) is 9.91. The zero-order valence-corrected chi connectivity index (χ0v) is 13.4. The van der Waals surface area contributed by atoms with Crippen LogP contribution >= 0.6 is 0 Å². The third kappa shape index (κ3) is 4.85. The number of hydrogen-bond acceptors (Lipinski definition) is 6. The molecule has 0 spiro atoms. The van der Waals surface area contributed by atoms with E-state index < -0.39 is 15.6 Å². The van der Waals surface area contributed by atoms with Crippen molar-refractivity contribution in [2.24, 2.45) is 0 Å². The van der Waals surface area contributed by atoms with Crippen molar-refractivity contribution in [3.63, 3.8) is 0 Å². The number of hydrogen-bond donors (Lipinski definition) is 2. The summed E-state index contributed by atoms with van der Waals surface area (Å²) in [4.78, 5) is 0.0216. The SMILES string of the molecule is COCC(C)(O)CNS(=O)(=O)c1ccc(OC)c(OC)c1. The van der Waals surface area contributed by atoms with Crippen molar-refractivity contribution in [2.75, 3.05) is 34.5 Å². The molecule has 0 aromatic heterocycles. The van der Waals surface area contributed by atoms with Crippen LogP contribution in [0.5, 0.6) is 11.5 Å². The molecule has 1 atom stereocenters. The van der Waals surface area contributed by atoms with Gasteiger partial charge in [-0.05, 0) is 19.1 Å². The number of sulfonamides is 1. The first-order chi connectivity index (χ1) is 9.75. The highest BCUT2D eigenvalue weighted by atomic mass is 32.2. The van der Waals surface area contributed by atoms with E-state index in [1.165, 1.54) is 46.5 Å². The predicted octanol–water partition coefficient (Wildman–Crippen LogP) is 0.380. The topological polar surface area (TPSA) is 94.1 Å². The van der Waals surface area contributed by atoms with Crippen molar-refractivity contribution in [1.82, 2.24) is 4.72 Å². The Hall–Kier alpha value is -1.35. The van der Waals surface area contributed by atoms with Crippen LogP contribution in [0.1, 0.15) is 6.92 Å². The van der Waals surface area contributed by atoms with Crippen LogP contribution in [0.25, 0.3) is 0 Å². The van der Waals surface area contributed by atoms with Gasteiger partial charge in [0.2, 0.25) is 10.0 Å². The van der Waals surface area contributed by atoms with Crippen molar-refractivity contribution in [3.05, 3.63) is 18.2 Å². The molecule has 1 rings (SSSR count). The summed E-state index contributed by atoms with van der Waals surface area (Å²) in [6.45, 7) is 1.33. The molecule has 0 saturated carbocycles. The van der Waals surface area contributed by atoms with Gasteiger partial charge < -0.3 is 19.3 Å². The van der Waals surface area contributed by atoms with Crippen molar-refractivity contribution < 1.29 is 27.7 Å². The van der Waals surface area contributed by atoms with E-state index in [0.717, 1.165) is 0 Å². The zero-order chi connectivity index (χ0) is 16.1. The van der Waals surface area contributed by atoms with Crippen molar-refractivity contribution >= 4 is 10.0 Å². The van der Waals surface area contributed by atoms with Gasteiger partial charge in [-0.2, -0.15) is 0 Å². The molecule has 0 aliphatic carbocycles. The zero-order valence-electron chi connectivity index (χ0n) is 12.5. The van der Waals surface area contributed by atoms with Crippen LogP contribution in [-0.4, -0.2) is 53.6 Å². The van der Waals surface area contributed by atoms with Crippen LogP contribution in [0.15, 0.2) is 23.1 Å². The lowest BCUT2D eigenvalue weighted by Crippen LogP contribution is -2.43. The Bertz CT molecular complexity index is 570. The van der Waals surface area contributed by atoms with E-state index in [4.69, 9.17) is 14.2 Å². The molecule has 0 aliphatic rings. The molecule has 0 amide bonds. The molecule has 0 fully saturated rings. The average Bonchev–Trinajstić information content (AvgIpc) is 2.44. The second-order valence-electron chi connectivity index (χ2n) is 4.77. The minimum atomic E-state index is -3.77. The van der Waals surface area contributed by atoms with E-state index in [2.05, 4.69) is 4.72 Å². The highest BCUT2D eigenvalue weighted by Crippen LogP contribution is 2.29.